The molecule has 6 N–H and O–H groups in total. The van der Waals surface area contributed by atoms with E-state index in [0.29, 0.717) is 25.9 Å². The Bertz CT molecular complexity index is 1470. The summed E-state index contributed by atoms with van der Waals surface area (Å²) in [5.41, 5.74) is -0.937. The van der Waals surface area contributed by atoms with Crippen molar-refractivity contribution in [3.8, 4) is 5.75 Å². The summed E-state index contributed by atoms with van der Waals surface area (Å²) in [5, 5.41) is 45.3. The van der Waals surface area contributed by atoms with Crippen LogP contribution in [0.5, 0.6) is 5.75 Å². The van der Waals surface area contributed by atoms with Gasteiger partial charge < -0.3 is 26.2 Å². The summed E-state index contributed by atoms with van der Waals surface area (Å²) in [6, 6.07) is -0.924. The fraction of sp³-hybridized carbons (Fsp3) is 0.567. The number of fused-ring (bicyclic) bond motifs is 3. The number of likely N-dealkylation sites (N-methyl/N-ethyl adjacent to an activating group) is 1. The van der Waals surface area contributed by atoms with Gasteiger partial charge in [0.2, 0.25) is 5.78 Å². The Labute approximate surface area is 246 Å². The molecule has 1 aliphatic heterocycles. The van der Waals surface area contributed by atoms with Crippen LogP contribution in [0.25, 0.3) is 5.76 Å². The number of halogens is 3. The number of aliphatic hydroxyl groups is 3. The summed E-state index contributed by atoms with van der Waals surface area (Å²) in [7, 11) is 0. The van der Waals surface area contributed by atoms with Crippen LogP contribution in [0.1, 0.15) is 68.3 Å². The number of aliphatic hydroxyl groups excluding tert-OH is 2. The van der Waals surface area contributed by atoms with Crippen molar-refractivity contribution >= 4 is 23.2 Å². The Hall–Kier alpha value is -3.42. The molecule has 10 nitrogen and oxygen atoms in total. The van der Waals surface area contributed by atoms with E-state index in [1.54, 1.807) is 18.7 Å². The summed E-state index contributed by atoms with van der Waals surface area (Å²) in [5.74, 6) is -8.82. The molecular weight excluding hydrogens is 571 g/mol. The Morgan fingerprint density at radius 1 is 1.16 bits per heavy atom. The number of Topliss-reactive ketones (excluding diaryl/α,β-unsaturated/α-hetero) is 2. The monoisotopic (exact) mass is 607 g/mol. The van der Waals surface area contributed by atoms with Crippen molar-refractivity contribution < 1.29 is 48.0 Å². The average molecular weight is 608 g/mol. The van der Waals surface area contributed by atoms with Gasteiger partial charge in [-0.3, -0.25) is 24.2 Å². The van der Waals surface area contributed by atoms with E-state index in [4.69, 9.17) is 5.73 Å². The van der Waals surface area contributed by atoms with Gasteiger partial charge in [-0.05, 0) is 75.0 Å². The molecule has 0 aromatic heterocycles. The molecule has 1 amide bonds. The number of likely N-dealkylation sites (tertiary alicyclic amines) is 1. The molecule has 43 heavy (non-hydrogen) atoms. The molecule has 0 spiro atoms. The van der Waals surface area contributed by atoms with Crippen LogP contribution < -0.4 is 5.73 Å². The van der Waals surface area contributed by atoms with Crippen LogP contribution in [-0.2, 0) is 27.0 Å². The highest BCUT2D eigenvalue weighted by Crippen LogP contribution is 2.55. The number of nitrogens with zero attached hydrogens (tertiary/aromatic N) is 2. The van der Waals surface area contributed by atoms with Crippen molar-refractivity contribution in [2.24, 2.45) is 17.6 Å². The van der Waals surface area contributed by atoms with Gasteiger partial charge in [-0.15, -0.1) is 0 Å². The summed E-state index contributed by atoms with van der Waals surface area (Å²) in [6.07, 6.45) is -4.45. The molecule has 1 saturated carbocycles. The number of benzene rings is 1. The largest absolute Gasteiger partial charge is 0.508 e. The van der Waals surface area contributed by atoms with Crippen LogP contribution >= 0.6 is 0 Å². The lowest BCUT2D eigenvalue weighted by Crippen LogP contribution is -2.66. The number of phenols is 1. The van der Waals surface area contributed by atoms with Gasteiger partial charge >= 0.3 is 6.18 Å². The van der Waals surface area contributed by atoms with Crippen LogP contribution in [0.3, 0.4) is 0 Å². The molecule has 5 atom stereocenters. The zero-order valence-electron chi connectivity index (χ0n) is 24.2. The van der Waals surface area contributed by atoms with E-state index < -0.39 is 99.1 Å². The highest BCUT2D eigenvalue weighted by atomic mass is 19.4. The second kappa shape index (κ2) is 10.6. The lowest BCUT2D eigenvalue weighted by Gasteiger charge is -2.51. The van der Waals surface area contributed by atoms with Gasteiger partial charge in [0.05, 0.1) is 17.2 Å². The first-order chi connectivity index (χ1) is 20.1. The average Bonchev–Trinajstić information content (AvgIpc) is 3.40. The molecule has 4 aliphatic rings. The molecular formula is C30H36F3N3O7. The van der Waals surface area contributed by atoms with Gasteiger partial charge in [-0.25, -0.2) is 0 Å². The summed E-state index contributed by atoms with van der Waals surface area (Å²) in [4.78, 5) is 43.3. The maximum Gasteiger partial charge on any atom is 0.417 e. The first-order valence-corrected chi connectivity index (χ1v) is 14.6. The topological polar surface area (TPSA) is 165 Å². The van der Waals surface area contributed by atoms with E-state index >= 15 is 0 Å². The predicted molar refractivity (Wildman–Crippen MR) is 148 cm³/mol. The van der Waals surface area contributed by atoms with Crippen LogP contribution in [0.2, 0.25) is 0 Å². The van der Waals surface area contributed by atoms with Gasteiger partial charge in [0.1, 0.15) is 22.8 Å². The number of nitrogens with two attached hydrogens (primary N) is 1. The molecule has 0 radical (unpaired) electrons. The minimum absolute atomic E-state index is 0.112. The molecule has 2 fully saturated rings. The minimum atomic E-state index is -4.87. The summed E-state index contributed by atoms with van der Waals surface area (Å²) < 4.78 is 44.6. The SMILES string of the molecule is CCN(CC)[C@@H]1C(=O)C(C(N)=O)=C(O)[C@@]2(O)C(=O)C3=C(O)c4c(O)cc([C@@H]5CCCN5CC)c(C(F)(F)F)c4C[C@H]3C[C@@H]12. The predicted octanol–water partition coefficient (Wildman–Crippen LogP) is 2.92. The zero-order valence-corrected chi connectivity index (χ0v) is 24.2. The van der Waals surface area contributed by atoms with Crippen molar-refractivity contribution in [2.45, 2.75) is 70.3 Å². The molecule has 1 heterocycles. The van der Waals surface area contributed by atoms with Crippen LogP contribution in [0.15, 0.2) is 23.0 Å². The van der Waals surface area contributed by atoms with Gasteiger partial charge in [-0.1, -0.05) is 20.8 Å². The van der Waals surface area contributed by atoms with Crippen molar-refractivity contribution in [1.29, 1.82) is 0 Å². The van der Waals surface area contributed by atoms with E-state index in [9.17, 15) is 48.0 Å². The molecule has 0 bridgehead atoms. The fourth-order valence-corrected chi connectivity index (χ4v) is 7.94. The molecule has 0 unspecified atom stereocenters. The van der Waals surface area contributed by atoms with Crippen LogP contribution in [0, 0.1) is 11.8 Å². The normalized spacial score (nSPS) is 29.7. The second-order valence-electron chi connectivity index (χ2n) is 11.7. The lowest BCUT2D eigenvalue weighted by atomic mass is 9.57. The van der Waals surface area contributed by atoms with Gasteiger partial charge in [0.15, 0.2) is 11.4 Å². The van der Waals surface area contributed by atoms with Crippen molar-refractivity contribution in [2.75, 3.05) is 26.2 Å². The van der Waals surface area contributed by atoms with Crippen molar-refractivity contribution in [1.82, 2.24) is 9.80 Å². The fourth-order valence-electron chi connectivity index (χ4n) is 7.94. The standard InChI is InChI=1S/C30H36F3N3O7/c1-4-35(5-2)23-16-11-13-10-15-20(18(37)12-14(22(15)30(31,32)33)17-8-7-9-36(17)6-3)24(38)19(13)26(40)29(16,43)27(41)21(25(23)39)28(34)42/h12-13,16-17,23,37-38,41,43H,4-11H2,1-3H3,(H2,34,42)/t13-,16-,17-,23-,29-/m0/s1. The maximum absolute atomic E-state index is 14.9. The smallest absolute Gasteiger partial charge is 0.417 e. The number of hydrogen-bond acceptors (Lipinski definition) is 9. The Balaban J connectivity index is 1.76. The number of carbonyl (C=O) groups excluding carboxylic acids is 3. The number of amides is 1. The number of aromatic hydroxyl groups is 1. The number of rotatable bonds is 6. The maximum atomic E-state index is 14.9. The van der Waals surface area contributed by atoms with Crippen molar-refractivity contribution in [3.63, 3.8) is 0 Å². The number of phenolic OH excluding ortho intramolecular Hbond substituents is 1. The molecule has 3 aliphatic carbocycles. The number of hydrogen-bond donors (Lipinski definition) is 5. The Morgan fingerprint density at radius 3 is 2.37 bits per heavy atom. The zero-order chi connectivity index (χ0) is 31.8. The number of ketones is 2. The third-order valence-electron chi connectivity index (χ3n) is 9.82. The number of alkyl halides is 3. The molecule has 5 rings (SSSR count). The van der Waals surface area contributed by atoms with E-state index in [0.717, 1.165) is 6.07 Å². The highest BCUT2D eigenvalue weighted by Gasteiger charge is 2.64. The molecule has 234 valence electrons. The highest BCUT2D eigenvalue weighted by molar-refractivity contribution is 6.24. The Kier molecular flexibility index (Phi) is 7.67. The third-order valence-corrected chi connectivity index (χ3v) is 9.82. The van der Waals surface area contributed by atoms with Crippen molar-refractivity contribution in [3.05, 3.63) is 45.2 Å². The summed E-state index contributed by atoms with van der Waals surface area (Å²) in [6.45, 7) is 6.83. The van der Waals surface area contributed by atoms with Gasteiger partial charge in [0, 0.05) is 17.5 Å². The minimum Gasteiger partial charge on any atom is -0.508 e. The van der Waals surface area contributed by atoms with Crippen LogP contribution in [0.4, 0.5) is 13.2 Å². The molecule has 1 saturated heterocycles. The van der Waals surface area contributed by atoms with E-state index in [-0.39, 0.29) is 30.6 Å². The molecule has 13 heteroatoms. The molecule has 1 aromatic carbocycles. The van der Waals surface area contributed by atoms with Gasteiger partial charge in [-0.2, -0.15) is 13.2 Å². The summed E-state index contributed by atoms with van der Waals surface area (Å²) >= 11 is 0. The third kappa shape index (κ3) is 4.38. The quantitative estimate of drug-likeness (QED) is 0.306. The van der Waals surface area contributed by atoms with E-state index in [2.05, 4.69) is 0 Å². The second-order valence-corrected chi connectivity index (χ2v) is 11.7. The molecule has 1 aromatic rings. The van der Waals surface area contributed by atoms with E-state index in [1.807, 2.05) is 11.8 Å². The lowest BCUT2D eigenvalue weighted by molar-refractivity contribution is -0.155. The van der Waals surface area contributed by atoms with Crippen LogP contribution in [-0.4, -0.2) is 85.5 Å². The number of primary amides is 1. The first-order valence-electron chi connectivity index (χ1n) is 14.6. The van der Waals surface area contributed by atoms with E-state index in [1.165, 1.54) is 0 Å². The van der Waals surface area contributed by atoms with Gasteiger partial charge in [0.25, 0.3) is 5.91 Å². The number of carbonyl (C=O) groups is 3. The Morgan fingerprint density at radius 2 is 1.81 bits per heavy atom. The first kappa shape index (κ1) is 31.0.